The molecule has 0 saturated heterocycles. The highest BCUT2D eigenvalue weighted by Gasteiger charge is 2.24. The highest BCUT2D eigenvalue weighted by atomic mass is 15.1. The molecule has 11 aromatic rings. The highest BCUT2D eigenvalue weighted by molar-refractivity contribution is 6.26. The SMILES string of the molecule is Cc1cc(-c2ccc(-c3cc4cccc5ccc6cccc3c6c54)cc2)cc(-c2c3ccccc3c(N(c3ccc(C(C)(C)C)cc3)c3ccc(C(C)(C)C)cc3)c3ccccc23)c1. The summed E-state index contributed by atoms with van der Waals surface area (Å²) in [5, 5.41) is 12.8. The molecule has 310 valence electrons. The topological polar surface area (TPSA) is 3.24 Å². The van der Waals surface area contributed by atoms with Gasteiger partial charge in [-0.25, -0.2) is 0 Å². The Labute approximate surface area is 377 Å². The smallest absolute Gasteiger partial charge is 0.0618 e. The van der Waals surface area contributed by atoms with E-state index in [9.17, 15) is 0 Å². The molecule has 0 atom stereocenters. The maximum atomic E-state index is 2.48. The monoisotopic (exact) mass is 823 g/mol. The Hall–Kier alpha value is -7.22. The van der Waals surface area contributed by atoms with Crippen molar-refractivity contribution in [2.45, 2.75) is 59.3 Å². The van der Waals surface area contributed by atoms with Crippen molar-refractivity contribution in [3.8, 4) is 33.4 Å². The third-order valence-electron chi connectivity index (χ3n) is 13.5. The van der Waals surface area contributed by atoms with Crippen LogP contribution in [0.1, 0.15) is 58.2 Å². The predicted molar refractivity (Wildman–Crippen MR) is 278 cm³/mol. The van der Waals surface area contributed by atoms with Crippen LogP contribution in [0.3, 0.4) is 0 Å². The molecule has 0 aliphatic rings. The second kappa shape index (κ2) is 15.0. The summed E-state index contributed by atoms with van der Waals surface area (Å²) in [7, 11) is 0. The molecule has 0 aliphatic carbocycles. The molecule has 0 heterocycles. The van der Waals surface area contributed by atoms with Gasteiger partial charge >= 0.3 is 0 Å². The first kappa shape index (κ1) is 39.6. The van der Waals surface area contributed by atoms with Crippen molar-refractivity contribution in [1.82, 2.24) is 0 Å². The maximum Gasteiger partial charge on any atom is 0.0618 e. The Morgan fingerprint density at radius 3 is 1.38 bits per heavy atom. The van der Waals surface area contributed by atoms with E-state index < -0.39 is 0 Å². The molecule has 11 aromatic carbocycles. The maximum absolute atomic E-state index is 2.48. The Kier molecular flexibility index (Phi) is 9.26. The zero-order chi connectivity index (χ0) is 43.9. The van der Waals surface area contributed by atoms with Crippen LogP contribution in [0.25, 0.3) is 87.2 Å². The van der Waals surface area contributed by atoms with Crippen LogP contribution in [-0.4, -0.2) is 0 Å². The number of anilines is 3. The molecule has 0 amide bonds. The lowest BCUT2D eigenvalue weighted by atomic mass is 9.86. The lowest BCUT2D eigenvalue weighted by Crippen LogP contribution is -2.15. The van der Waals surface area contributed by atoms with E-state index in [1.54, 1.807) is 0 Å². The molecule has 0 spiro atoms. The van der Waals surface area contributed by atoms with E-state index in [1.165, 1.54) is 110 Å². The molecule has 0 fully saturated rings. The number of hydrogen-bond donors (Lipinski definition) is 0. The number of rotatable bonds is 6. The summed E-state index contributed by atoms with van der Waals surface area (Å²) in [6, 6.07) is 73.1. The first-order valence-corrected chi connectivity index (χ1v) is 22.7. The van der Waals surface area contributed by atoms with Crippen molar-refractivity contribution in [2.75, 3.05) is 4.90 Å². The van der Waals surface area contributed by atoms with Gasteiger partial charge in [0.1, 0.15) is 0 Å². The van der Waals surface area contributed by atoms with Gasteiger partial charge in [0.2, 0.25) is 0 Å². The fourth-order valence-corrected chi connectivity index (χ4v) is 10.2. The third-order valence-corrected chi connectivity index (χ3v) is 13.5. The summed E-state index contributed by atoms with van der Waals surface area (Å²) >= 11 is 0. The first-order chi connectivity index (χ1) is 30.9. The first-order valence-electron chi connectivity index (χ1n) is 22.7. The zero-order valence-corrected chi connectivity index (χ0v) is 37.9. The summed E-state index contributed by atoms with van der Waals surface area (Å²) in [5.41, 5.74) is 14.9. The van der Waals surface area contributed by atoms with Gasteiger partial charge in [0.25, 0.3) is 0 Å². The van der Waals surface area contributed by atoms with Gasteiger partial charge in [0.15, 0.2) is 0 Å². The second-order valence-electron chi connectivity index (χ2n) is 19.9. The number of hydrogen-bond acceptors (Lipinski definition) is 1. The molecule has 0 aromatic heterocycles. The molecule has 11 rings (SSSR count). The normalized spacial score (nSPS) is 12.3. The van der Waals surface area contributed by atoms with Crippen LogP contribution in [-0.2, 0) is 10.8 Å². The quantitative estimate of drug-likeness (QED) is 0.119. The van der Waals surface area contributed by atoms with Gasteiger partial charge in [-0.05, 0) is 147 Å². The lowest BCUT2D eigenvalue weighted by molar-refractivity contribution is 0.590. The minimum Gasteiger partial charge on any atom is -0.309 e. The standard InChI is InChI=1S/C63H53N/c1-40-36-46(41-22-24-42(25-23-41)57-39-45-16-12-14-43-26-27-44-15-13-21-54(57)60(44)58(43)45)38-47(37-40)59-52-17-8-10-19-55(52)61(56-20-11-9-18-53(56)59)64(50-32-28-48(29-33-50)62(2,3)4)51-34-30-49(31-35-51)63(5,6)7/h8-39H,1-7H3. The van der Waals surface area contributed by atoms with Gasteiger partial charge in [0, 0.05) is 22.1 Å². The lowest BCUT2D eigenvalue weighted by Gasteiger charge is -2.31. The number of benzene rings is 11. The van der Waals surface area contributed by atoms with E-state index in [1.807, 2.05) is 0 Å². The fraction of sp³-hybridized carbons (Fsp3) is 0.143. The van der Waals surface area contributed by atoms with Gasteiger partial charge in [-0.15, -0.1) is 0 Å². The van der Waals surface area contributed by atoms with Crippen LogP contribution in [0.15, 0.2) is 194 Å². The zero-order valence-electron chi connectivity index (χ0n) is 37.9. The molecular formula is C63H53N. The molecule has 0 N–H and O–H groups in total. The van der Waals surface area contributed by atoms with Crippen LogP contribution in [0, 0.1) is 6.92 Å². The molecule has 1 heteroatoms. The second-order valence-corrected chi connectivity index (χ2v) is 19.9. The number of aryl methyl sites for hydroxylation is 1. The summed E-state index contributed by atoms with van der Waals surface area (Å²) in [4.78, 5) is 2.48. The van der Waals surface area contributed by atoms with Gasteiger partial charge in [-0.3, -0.25) is 0 Å². The Morgan fingerprint density at radius 2 is 0.812 bits per heavy atom. The fourth-order valence-electron chi connectivity index (χ4n) is 10.2. The molecule has 0 saturated carbocycles. The highest BCUT2D eigenvalue weighted by Crippen LogP contribution is 2.49. The van der Waals surface area contributed by atoms with Gasteiger partial charge < -0.3 is 4.90 Å². The van der Waals surface area contributed by atoms with Crippen molar-refractivity contribution in [3.63, 3.8) is 0 Å². The molecule has 1 nitrogen and oxygen atoms in total. The van der Waals surface area contributed by atoms with Crippen LogP contribution in [0.2, 0.25) is 0 Å². The third kappa shape index (κ3) is 6.70. The molecule has 64 heavy (non-hydrogen) atoms. The van der Waals surface area contributed by atoms with Crippen LogP contribution in [0.5, 0.6) is 0 Å². The van der Waals surface area contributed by atoms with Crippen molar-refractivity contribution < 1.29 is 0 Å². The van der Waals surface area contributed by atoms with Gasteiger partial charge in [-0.1, -0.05) is 199 Å². The predicted octanol–water partition coefficient (Wildman–Crippen LogP) is 18.3. The molecular weight excluding hydrogens is 771 g/mol. The van der Waals surface area contributed by atoms with Crippen molar-refractivity contribution in [3.05, 3.63) is 211 Å². The van der Waals surface area contributed by atoms with E-state index in [2.05, 4.69) is 247 Å². The summed E-state index contributed by atoms with van der Waals surface area (Å²) in [5.74, 6) is 0. The minimum atomic E-state index is 0.0536. The van der Waals surface area contributed by atoms with E-state index in [4.69, 9.17) is 0 Å². The summed E-state index contributed by atoms with van der Waals surface area (Å²) < 4.78 is 0. The van der Waals surface area contributed by atoms with Crippen LogP contribution < -0.4 is 4.90 Å². The molecule has 0 radical (unpaired) electrons. The molecule has 0 aliphatic heterocycles. The Balaban J connectivity index is 1.06. The average molecular weight is 824 g/mol. The molecule has 0 unspecified atom stereocenters. The van der Waals surface area contributed by atoms with E-state index >= 15 is 0 Å². The van der Waals surface area contributed by atoms with Gasteiger partial charge in [0.05, 0.1) is 5.69 Å². The largest absolute Gasteiger partial charge is 0.309 e. The van der Waals surface area contributed by atoms with Crippen molar-refractivity contribution in [1.29, 1.82) is 0 Å². The van der Waals surface area contributed by atoms with E-state index in [0.29, 0.717) is 0 Å². The van der Waals surface area contributed by atoms with Crippen LogP contribution in [0.4, 0.5) is 17.1 Å². The van der Waals surface area contributed by atoms with Gasteiger partial charge in [-0.2, -0.15) is 0 Å². The van der Waals surface area contributed by atoms with Crippen LogP contribution >= 0.6 is 0 Å². The summed E-state index contributed by atoms with van der Waals surface area (Å²) in [6.45, 7) is 15.9. The summed E-state index contributed by atoms with van der Waals surface area (Å²) in [6.07, 6.45) is 0. The van der Waals surface area contributed by atoms with Crippen molar-refractivity contribution >= 4 is 70.9 Å². The number of nitrogens with zero attached hydrogens (tertiary/aromatic N) is 1. The average Bonchev–Trinajstić information content (AvgIpc) is 3.30. The van der Waals surface area contributed by atoms with Crippen molar-refractivity contribution in [2.24, 2.45) is 0 Å². The van der Waals surface area contributed by atoms with E-state index in [0.717, 1.165) is 11.4 Å². The van der Waals surface area contributed by atoms with E-state index in [-0.39, 0.29) is 10.8 Å². The minimum absolute atomic E-state index is 0.0536. The number of fused-ring (bicyclic) bond motifs is 2. The Bertz CT molecular complexity index is 3430. The molecule has 0 bridgehead atoms. The Morgan fingerprint density at radius 1 is 0.344 bits per heavy atom.